The van der Waals surface area contributed by atoms with Crippen molar-refractivity contribution in [3.8, 4) is 17.0 Å². The molecule has 0 saturated carbocycles. The molecule has 0 bridgehead atoms. The Morgan fingerprint density at radius 2 is 1.95 bits per heavy atom. The van der Waals surface area contributed by atoms with Crippen LogP contribution in [-0.2, 0) is 6.42 Å². The van der Waals surface area contributed by atoms with Crippen molar-refractivity contribution in [1.29, 1.82) is 0 Å². The summed E-state index contributed by atoms with van der Waals surface area (Å²) in [5.41, 5.74) is 3.57. The Labute approximate surface area is 122 Å². The van der Waals surface area contributed by atoms with Crippen LogP contribution in [0.25, 0.3) is 16.9 Å². The number of methoxy groups -OCH3 is 1. The fraction of sp³-hybridized carbons (Fsp3) is 0.200. The highest BCUT2D eigenvalue weighted by atomic mass is 35.5. The number of benzene rings is 1. The van der Waals surface area contributed by atoms with Crippen molar-refractivity contribution in [2.24, 2.45) is 0 Å². The number of fused-ring (bicyclic) bond motifs is 1. The summed E-state index contributed by atoms with van der Waals surface area (Å²) < 4.78 is 6.81. The molecule has 5 heteroatoms. The SMILES string of the molecule is CCc1cc(Cl)n2nc(-c3ccc(OC)cc3)cc2n1. The van der Waals surface area contributed by atoms with Crippen molar-refractivity contribution in [1.82, 2.24) is 14.6 Å². The quantitative estimate of drug-likeness (QED) is 0.691. The highest BCUT2D eigenvalue weighted by Crippen LogP contribution is 2.24. The maximum atomic E-state index is 6.23. The van der Waals surface area contributed by atoms with Crippen molar-refractivity contribution in [2.45, 2.75) is 13.3 Å². The maximum Gasteiger partial charge on any atom is 0.157 e. The van der Waals surface area contributed by atoms with Gasteiger partial charge in [-0.2, -0.15) is 5.10 Å². The topological polar surface area (TPSA) is 39.4 Å². The summed E-state index contributed by atoms with van der Waals surface area (Å²) in [5, 5.41) is 5.07. The van der Waals surface area contributed by atoms with Crippen LogP contribution in [0.1, 0.15) is 12.6 Å². The van der Waals surface area contributed by atoms with E-state index in [0.717, 1.165) is 34.8 Å². The Kier molecular flexibility index (Phi) is 3.32. The third kappa shape index (κ3) is 2.23. The molecular formula is C15H14ClN3O. The van der Waals surface area contributed by atoms with Gasteiger partial charge in [0.05, 0.1) is 12.8 Å². The zero-order valence-corrected chi connectivity index (χ0v) is 12.1. The van der Waals surface area contributed by atoms with E-state index in [9.17, 15) is 0 Å². The molecule has 0 radical (unpaired) electrons. The Bertz CT molecular complexity index is 750. The van der Waals surface area contributed by atoms with E-state index in [4.69, 9.17) is 16.3 Å². The standard InChI is InChI=1S/C15H14ClN3O/c1-3-11-8-14(16)19-15(17-11)9-13(18-19)10-4-6-12(20-2)7-5-10/h4-9H,3H2,1-2H3. The summed E-state index contributed by atoms with van der Waals surface area (Å²) in [6.45, 7) is 2.05. The number of halogens is 1. The molecule has 0 fully saturated rings. The average molecular weight is 288 g/mol. The highest BCUT2D eigenvalue weighted by Gasteiger charge is 2.09. The lowest BCUT2D eigenvalue weighted by Gasteiger charge is -2.00. The van der Waals surface area contributed by atoms with Gasteiger partial charge in [0.25, 0.3) is 0 Å². The number of ether oxygens (including phenoxy) is 1. The first-order chi connectivity index (χ1) is 9.71. The van der Waals surface area contributed by atoms with Crippen LogP contribution in [0.4, 0.5) is 0 Å². The normalized spacial score (nSPS) is 10.9. The second kappa shape index (κ2) is 5.13. The number of nitrogens with zero attached hydrogens (tertiary/aromatic N) is 3. The summed E-state index contributed by atoms with van der Waals surface area (Å²) >= 11 is 6.23. The molecule has 102 valence electrons. The average Bonchev–Trinajstić information content (AvgIpc) is 2.92. The lowest BCUT2D eigenvalue weighted by molar-refractivity contribution is 0.415. The van der Waals surface area contributed by atoms with Gasteiger partial charge in [0, 0.05) is 17.3 Å². The molecule has 2 aromatic heterocycles. The number of hydrogen-bond acceptors (Lipinski definition) is 3. The van der Waals surface area contributed by atoms with Crippen molar-refractivity contribution < 1.29 is 4.74 Å². The largest absolute Gasteiger partial charge is 0.497 e. The molecule has 2 heterocycles. The van der Waals surface area contributed by atoms with Crippen LogP contribution in [0.2, 0.25) is 5.15 Å². The first-order valence-corrected chi connectivity index (χ1v) is 6.78. The summed E-state index contributed by atoms with van der Waals surface area (Å²) in [4.78, 5) is 4.53. The van der Waals surface area contributed by atoms with Gasteiger partial charge >= 0.3 is 0 Å². The van der Waals surface area contributed by atoms with Crippen LogP contribution in [0, 0.1) is 0 Å². The Morgan fingerprint density at radius 3 is 2.60 bits per heavy atom. The molecule has 0 unspecified atom stereocenters. The predicted molar refractivity (Wildman–Crippen MR) is 79.4 cm³/mol. The van der Waals surface area contributed by atoms with Crippen LogP contribution in [0.5, 0.6) is 5.75 Å². The van der Waals surface area contributed by atoms with E-state index in [0.29, 0.717) is 5.15 Å². The molecule has 4 nitrogen and oxygen atoms in total. The van der Waals surface area contributed by atoms with E-state index >= 15 is 0 Å². The summed E-state index contributed by atoms with van der Waals surface area (Å²) in [6, 6.07) is 11.5. The third-order valence-electron chi connectivity index (χ3n) is 3.18. The highest BCUT2D eigenvalue weighted by molar-refractivity contribution is 6.29. The third-order valence-corrected chi connectivity index (χ3v) is 3.45. The van der Waals surface area contributed by atoms with Gasteiger partial charge in [0.1, 0.15) is 10.9 Å². The van der Waals surface area contributed by atoms with Gasteiger partial charge < -0.3 is 4.74 Å². The van der Waals surface area contributed by atoms with Gasteiger partial charge in [-0.15, -0.1) is 0 Å². The van der Waals surface area contributed by atoms with Gasteiger partial charge in [-0.25, -0.2) is 9.50 Å². The lowest BCUT2D eigenvalue weighted by atomic mass is 10.1. The van der Waals surface area contributed by atoms with E-state index in [-0.39, 0.29) is 0 Å². The zero-order valence-electron chi connectivity index (χ0n) is 11.3. The minimum atomic E-state index is 0.576. The molecule has 3 aromatic rings. The Balaban J connectivity index is 2.09. The number of hydrogen-bond donors (Lipinski definition) is 0. The number of aromatic nitrogens is 3. The summed E-state index contributed by atoms with van der Waals surface area (Å²) in [7, 11) is 1.65. The predicted octanol–water partition coefficient (Wildman–Crippen LogP) is 3.62. The molecule has 0 aliphatic carbocycles. The lowest BCUT2D eigenvalue weighted by Crippen LogP contribution is -1.96. The molecular weight excluding hydrogens is 274 g/mol. The van der Waals surface area contributed by atoms with E-state index in [1.165, 1.54) is 0 Å². The van der Waals surface area contributed by atoms with Crippen LogP contribution in [-0.4, -0.2) is 21.7 Å². The second-order valence-electron chi connectivity index (χ2n) is 4.45. The van der Waals surface area contributed by atoms with Crippen LogP contribution in [0.3, 0.4) is 0 Å². The molecule has 0 aliphatic rings. The van der Waals surface area contributed by atoms with Crippen molar-refractivity contribution in [2.75, 3.05) is 7.11 Å². The minimum Gasteiger partial charge on any atom is -0.497 e. The summed E-state index contributed by atoms with van der Waals surface area (Å²) in [5.74, 6) is 0.821. The van der Waals surface area contributed by atoms with Crippen LogP contribution < -0.4 is 4.74 Å². The molecule has 1 aromatic carbocycles. The summed E-state index contributed by atoms with van der Waals surface area (Å²) in [6.07, 6.45) is 0.846. The fourth-order valence-corrected chi connectivity index (χ4v) is 2.32. The monoisotopic (exact) mass is 287 g/mol. The molecule has 0 saturated heterocycles. The smallest absolute Gasteiger partial charge is 0.157 e. The van der Waals surface area contributed by atoms with Crippen molar-refractivity contribution in [3.05, 3.63) is 47.2 Å². The molecule has 0 N–H and O–H groups in total. The maximum absolute atomic E-state index is 6.23. The molecule has 0 atom stereocenters. The van der Waals surface area contributed by atoms with Gasteiger partial charge in [-0.05, 0) is 36.8 Å². The number of rotatable bonds is 3. The minimum absolute atomic E-state index is 0.576. The molecule has 20 heavy (non-hydrogen) atoms. The first kappa shape index (κ1) is 12.9. The number of aryl methyl sites for hydroxylation is 1. The second-order valence-corrected chi connectivity index (χ2v) is 4.84. The van der Waals surface area contributed by atoms with E-state index in [1.54, 1.807) is 11.6 Å². The van der Waals surface area contributed by atoms with Gasteiger partial charge in [0.2, 0.25) is 0 Å². The molecule has 0 amide bonds. The van der Waals surface area contributed by atoms with Crippen LogP contribution in [0.15, 0.2) is 36.4 Å². The molecule has 0 spiro atoms. The van der Waals surface area contributed by atoms with Gasteiger partial charge in [0.15, 0.2) is 5.65 Å². The van der Waals surface area contributed by atoms with E-state index < -0.39 is 0 Å². The van der Waals surface area contributed by atoms with E-state index in [1.807, 2.05) is 36.4 Å². The Morgan fingerprint density at radius 1 is 1.20 bits per heavy atom. The zero-order chi connectivity index (χ0) is 14.1. The van der Waals surface area contributed by atoms with Crippen molar-refractivity contribution in [3.63, 3.8) is 0 Å². The van der Waals surface area contributed by atoms with E-state index in [2.05, 4.69) is 17.0 Å². The van der Waals surface area contributed by atoms with Gasteiger partial charge in [-0.3, -0.25) is 0 Å². The van der Waals surface area contributed by atoms with Crippen LogP contribution >= 0.6 is 11.6 Å². The Hall–Kier alpha value is -2.07. The van der Waals surface area contributed by atoms with Gasteiger partial charge in [-0.1, -0.05) is 18.5 Å². The van der Waals surface area contributed by atoms with Crippen molar-refractivity contribution >= 4 is 17.2 Å². The molecule has 3 rings (SSSR count). The first-order valence-electron chi connectivity index (χ1n) is 6.41. The fourth-order valence-electron chi connectivity index (χ4n) is 2.07. The molecule has 0 aliphatic heterocycles.